The Morgan fingerprint density at radius 2 is 1.75 bits per heavy atom. The molecule has 1 aliphatic heterocycles. The van der Waals surface area contributed by atoms with E-state index in [1.165, 1.54) is 6.08 Å². The third-order valence-electron chi connectivity index (χ3n) is 4.96. The van der Waals surface area contributed by atoms with Gasteiger partial charge in [-0.15, -0.1) is 0 Å². The second-order valence-electron chi connectivity index (χ2n) is 7.33. The molecule has 0 aromatic heterocycles. The molecule has 1 heterocycles. The quantitative estimate of drug-likeness (QED) is 0.702. The number of nitrogens with zero attached hydrogens (tertiary/aromatic N) is 2. The summed E-state index contributed by atoms with van der Waals surface area (Å²) in [7, 11) is 0.874. The molecule has 5 nitrogen and oxygen atoms in total. The van der Waals surface area contributed by atoms with Crippen LogP contribution >= 0.6 is 0 Å². The second kappa shape index (κ2) is 8.61. The molecule has 148 valence electrons. The van der Waals surface area contributed by atoms with E-state index in [4.69, 9.17) is 0 Å². The van der Waals surface area contributed by atoms with Crippen LogP contribution in [0, 0.1) is 0 Å². The van der Waals surface area contributed by atoms with Crippen LogP contribution in [0.1, 0.15) is 17.5 Å². The van der Waals surface area contributed by atoms with Gasteiger partial charge in [-0.2, -0.15) is 0 Å². The first kappa shape index (κ1) is 20.1. The Balaban J connectivity index is 1.80. The van der Waals surface area contributed by atoms with Gasteiger partial charge in [0, 0.05) is 38.4 Å². The van der Waals surface area contributed by atoms with Crippen LogP contribution in [0.15, 0.2) is 60.7 Å². The Morgan fingerprint density at radius 3 is 2.32 bits per heavy atom. The average molecular weight is 399 g/mol. The number of benzene rings is 2. The number of sulfone groups is 1. The van der Waals surface area contributed by atoms with E-state index in [0.29, 0.717) is 13.0 Å². The van der Waals surface area contributed by atoms with Gasteiger partial charge in [0.15, 0.2) is 9.84 Å². The molecule has 0 saturated carbocycles. The molecule has 6 heteroatoms. The van der Waals surface area contributed by atoms with Crippen molar-refractivity contribution in [2.75, 3.05) is 30.5 Å². The Kier molecular flexibility index (Phi) is 6.19. The lowest BCUT2D eigenvalue weighted by Crippen LogP contribution is -2.39. The van der Waals surface area contributed by atoms with Crippen molar-refractivity contribution in [3.63, 3.8) is 0 Å². The lowest BCUT2D eigenvalue weighted by Gasteiger charge is -2.27. The molecule has 1 fully saturated rings. The predicted octanol–water partition coefficient (Wildman–Crippen LogP) is 2.98. The van der Waals surface area contributed by atoms with E-state index < -0.39 is 9.84 Å². The van der Waals surface area contributed by atoms with Crippen LogP contribution in [-0.2, 0) is 21.2 Å². The molecule has 0 spiro atoms. The fourth-order valence-electron chi connectivity index (χ4n) is 3.33. The van der Waals surface area contributed by atoms with Crippen molar-refractivity contribution in [2.45, 2.75) is 19.0 Å². The van der Waals surface area contributed by atoms with Crippen LogP contribution in [0.2, 0.25) is 0 Å². The molecule has 28 heavy (non-hydrogen) atoms. The monoisotopic (exact) mass is 398 g/mol. The van der Waals surface area contributed by atoms with E-state index in [1.54, 1.807) is 11.0 Å². The minimum atomic E-state index is -3.08. The maximum absolute atomic E-state index is 12.9. The number of carbonyl (C=O) groups is 1. The molecule has 2 aromatic rings. The Morgan fingerprint density at radius 1 is 1.07 bits per heavy atom. The van der Waals surface area contributed by atoms with Crippen LogP contribution in [0.4, 0.5) is 5.69 Å². The first-order chi connectivity index (χ1) is 13.3. The summed E-state index contributed by atoms with van der Waals surface area (Å²) in [4.78, 5) is 16.6. The van der Waals surface area contributed by atoms with E-state index in [0.717, 1.165) is 16.8 Å². The molecule has 1 atom stereocenters. The normalized spacial score (nSPS) is 18.3. The largest absolute Gasteiger partial charge is 0.378 e. The van der Waals surface area contributed by atoms with Crippen LogP contribution in [0.25, 0.3) is 6.08 Å². The van der Waals surface area contributed by atoms with Gasteiger partial charge < -0.3 is 9.80 Å². The second-order valence-corrected chi connectivity index (χ2v) is 9.56. The zero-order chi connectivity index (χ0) is 20.1. The van der Waals surface area contributed by atoms with E-state index in [-0.39, 0.29) is 23.5 Å². The fourth-order valence-corrected chi connectivity index (χ4v) is 5.06. The maximum Gasteiger partial charge on any atom is 0.247 e. The maximum atomic E-state index is 12.9. The Labute approximate surface area is 167 Å². The van der Waals surface area contributed by atoms with Crippen molar-refractivity contribution in [1.82, 2.24) is 4.90 Å². The molecule has 1 amide bonds. The zero-order valence-corrected chi connectivity index (χ0v) is 17.1. The van der Waals surface area contributed by atoms with Crippen molar-refractivity contribution < 1.29 is 13.2 Å². The van der Waals surface area contributed by atoms with Gasteiger partial charge in [-0.1, -0.05) is 42.5 Å². The summed E-state index contributed by atoms with van der Waals surface area (Å²) in [5.41, 5.74) is 3.00. The van der Waals surface area contributed by atoms with Crippen molar-refractivity contribution in [1.29, 1.82) is 0 Å². The van der Waals surface area contributed by atoms with Gasteiger partial charge in [0.2, 0.25) is 5.91 Å². The summed E-state index contributed by atoms with van der Waals surface area (Å²) < 4.78 is 23.9. The van der Waals surface area contributed by atoms with Gasteiger partial charge in [0.25, 0.3) is 0 Å². The number of amides is 1. The summed E-state index contributed by atoms with van der Waals surface area (Å²) in [6.07, 6.45) is 3.80. The minimum Gasteiger partial charge on any atom is -0.378 e. The Hall–Kier alpha value is -2.60. The number of carbonyl (C=O) groups excluding carboxylic acids is 1. The van der Waals surface area contributed by atoms with Crippen molar-refractivity contribution in [3.05, 3.63) is 71.8 Å². The topological polar surface area (TPSA) is 57.7 Å². The SMILES string of the molecule is CN(C)c1ccc(CN(C(=O)C=Cc2ccccc2)C2CCS(=O)(=O)C2)cc1. The average Bonchev–Trinajstić information content (AvgIpc) is 3.05. The molecular weight excluding hydrogens is 372 g/mol. The van der Waals surface area contributed by atoms with Crippen LogP contribution in [0.5, 0.6) is 0 Å². The van der Waals surface area contributed by atoms with Gasteiger partial charge in [0.05, 0.1) is 11.5 Å². The first-order valence-electron chi connectivity index (χ1n) is 9.34. The van der Waals surface area contributed by atoms with E-state index >= 15 is 0 Å². The highest BCUT2D eigenvalue weighted by Crippen LogP contribution is 2.22. The van der Waals surface area contributed by atoms with Crippen LogP contribution in [-0.4, -0.2) is 50.9 Å². The molecule has 1 unspecified atom stereocenters. The molecule has 0 radical (unpaired) electrons. The molecule has 2 aromatic carbocycles. The number of anilines is 1. The van der Waals surface area contributed by atoms with Gasteiger partial charge in [0.1, 0.15) is 0 Å². The van der Waals surface area contributed by atoms with Crippen molar-refractivity contribution in [2.24, 2.45) is 0 Å². The molecule has 0 N–H and O–H groups in total. The van der Waals surface area contributed by atoms with Gasteiger partial charge >= 0.3 is 0 Å². The van der Waals surface area contributed by atoms with E-state index in [9.17, 15) is 13.2 Å². The van der Waals surface area contributed by atoms with Crippen LogP contribution < -0.4 is 4.90 Å². The summed E-state index contributed by atoms with van der Waals surface area (Å²) in [5, 5.41) is 0. The third-order valence-corrected chi connectivity index (χ3v) is 6.71. The van der Waals surface area contributed by atoms with E-state index in [2.05, 4.69) is 0 Å². The minimum absolute atomic E-state index is 0.0354. The number of rotatable bonds is 6. The zero-order valence-electron chi connectivity index (χ0n) is 16.3. The fraction of sp³-hybridized carbons (Fsp3) is 0.318. The molecule has 1 saturated heterocycles. The highest BCUT2D eigenvalue weighted by Gasteiger charge is 2.34. The lowest BCUT2D eigenvalue weighted by atomic mass is 10.1. The smallest absolute Gasteiger partial charge is 0.247 e. The van der Waals surface area contributed by atoms with Gasteiger partial charge in [-0.25, -0.2) is 8.42 Å². The van der Waals surface area contributed by atoms with Crippen molar-refractivity contribution >= 4 is 27.5 Å². The summed E-state index contributed by atoms with van der Waals surface area (Å²) in [6.45, 7) is 0.395. The highest BCUT2D eigenvalue weighted by molar-refractivity contribution is 7.91. The van der Waals surface area contributed by atoms with Gasteiger partial charge in [-0.05, 0) is 35.8 Å². The number of hydrogen-bond donors (Lipinski definition) is 0. The summed E-state index contributed by atoms with van der Waals surface area (Å²) >= 11 is 0. The first-order valence-corrected chi connectivity index (χ1v) is 11.2. The molecular formula is C22H26N2O3S. The highest BCUT2D eigenvalue weighted by atomic mass is 32.2. The standard InChI is InChI=1S/C22H26N2O3S/c1-23(2)20-11-8-19(9-12-20)16-24(21-14-15-28(26,27)17-21)22(25)13-10-18-6-4-3-5-7-18/h3-13,21H,14-17H2,1-2H3. The van der Waals surface area contributed by atoms with Gasteiger partial charge in [-0.3, -0.25) is 4.79 Å². The molecule has 3 rings (SSSR count). The van der Waals surface area contributed by atoms with E-state index in [1.807, 2.05) is 73.6 Å². The molecule has 0 aliphatic carbocycles. The molecule has 1 aliphatic rings. The predicted molar refractivity (Wildman–Crippen MR) is 114 cm³/mol. The summed E-state index contributed by atoms with van der Waals surface area (Å²) in [6, 6.07) is 17.3. The Bertz CT molecular complexity index is 936. The number of hydrogen-bond acceptors (Lipinski definition) is 4. The molecule has 0 bridgehead atoms. The third kappa shape index (κ3) is 5.23. The summed E-state index contributed by atoms with van der Waals surface area (Å²) in [5.74, 6) is 0.0135. The lowest BCUT2D eigenvalue weighted by molar-refractivity contribution is -0.128. The van der Waals surface area contributed by atoms with Crippen molar-refractivity contribution in [3.8, 4) is 0 Å². The van der Waals surface area contributed by atoms with Crippen LogP contribution in [0.3, 0.4) is 0 Å².